The van der Waals surface area contributed by atoms with Gasteiger partial charge in [-0.3, -0.25) is 9.59 Å². The molecule has 1 aromatic rings. The van der Waals surface area contributed by atoms with E-state index in [2.05, 4.69) is 5.32 Å². The molecule has 2 aliphatic rings. The van der Waals surface area contributed by atoms with Crippen LogP contribution in [0.4, 0.5) is 0 Å². The van der Waals surface area contributed by atoms with Crippen LogP contribution in [-0.2, 0) is 15.0 Å². The maximum Gasteiger partial charge on any atom is 0.306 e. The highest BCUT2D eigenvalue weighted by Crippen LogP contribution is 2.42. The summed E-state index contributed by atoms with van der Waals surface area (Å²) in [5.41, 5.74) is 0.685. The third-order valence-electron chi connectivity index (χ3n) is 5.04. The van der Waals surface area contributed by atoms with Gasteiger partial charge in [0.15, 0.2) is 0 Å². The number of amides is 1. The molecule has 2 saturated carbocycles. The maximum absolute atomic E-state index is 12.8. The number of rotatable bonds is 4. The van der Waals surface area contributed by atoms with Crippen LogP contribution in [0.1, 0.15) is 44.1 Å². The van der Waals surface area contributed by atoms with Crippen LogP contribution in [0.5, 0.6) is 0 Å². The summed E-state index contributed by atoms with van der Waals surface area (Å²) in [4.78, 5) is 23.6. The normalized spacial score (nSPS) is 26.9. The second-order valence-corrected chi connectivity index (χ2v) is 6.33. The molecule has 2 fully saturated rings. The van der Waals surface area contributed by atoms with Crippen LogP contribution in [-0.4, -0.2) is 23.0 Å². The molecule has 112 valence electrons. The molecule has 0 spiro atoms. The van der Waals surface area contributed by atoms with Gasteiger partial charge >= 0.3 is 5.97 Å². The van der Waals surface area contributed by atoms with Crippen molar-refractivity contribution in [2.45, 2.75) is 50.0 Å². The second kappa shape index (κ2) is 5.51. The van der Waals surface area contributed by atoms with E-state index in [0.717, 1.165) is 31.2 Å². The minimum Gasteiger partial charge on any atom is -0.481 e. The molecule has 2 aliphatic carbocycles. The zero-order chi connectivity index (χ0) is 14.9. The number of hydrogen-bond donors (Lipinski definition) is 2. The number of hydrogen-bond acceptors (Lipinski definition) is 2. The van der Waals surface area contributed by atoms with E-state index in [0.29, 0.717) is 12.8 Å². The molecular weight excluding hydrogens is 266 g/mol. The van der Waals surface area contributed by atoms with E-state index in [4.69, 9.17) is 5.11 Å². The Hall–Kier alpha value is -1.84. The van der Waals surface area contributed by atoms with Crippen molar-refractivity contribution in [3.63, 3.8) is 0 Å². The first kappa shape index (κ1) is 14.1. The average molecular weight is 287 g/mol. The molecule has 1 aromatic carbocycles. The lowest BCUT2D eigenvalue weighted by molar-refractivity contribution is -0.146. The van der Waals surface area contributed by atoms with E-state index in [1.807, 2.05) is 30.3 Å². The van der Waals surface area contributed by atoms with Gasteiger partial charge in [0.05, 0.1) is 11.3 Å². The zero-order valence-corrected chi connectivity index (χ0v) is 12.0. The summed E-state index contributed by atoms with van der Waals surface area (Å²) in [6.07, 6.45) is 5.04. The molecule has 4 heteroatoms. The molecule has 1 amide bonds. The average Bonchev–Trinajstić information content (AvgIpc) is 2.93. The van der Waals surface area contributed by atoms with Gasteiger partial charge in [0.25, 0.3) is 0 Å². The Balaban J connectivity index is 1.71. The molecule has 0 heterocycles. The highest BCUT2D eigenvalue weighted by atomic mass is 16.4. The monoisotopic (exact) mass is 287 g/mol. The zero-order valence-electron chi connectivity index (χ0n) is 12.0. The predicted molar refractivity (Wildman–Crippen MR) is 78.9 cm³/mol. The Morgan fingerprint density at radius 1 is 1.10 bits per heavy atom. The molecule has 2 N–H and O–H groups in total. The SMILES string of the molecule is O=C(O)C1CC(NC(=O)C2(c3ccccc3)CCCC2)C1. The first-order chi connectivity index (χ1) is 10.1. The minimum atomic E-state index is -0.751. The lowest BCUT2D eigenvalue weighted by Gasteiger charge is -2.37. The molecule has 0 unspecified atom stereocenters. The minimum absolute atomic E-state index is 0.0276. The van der Waals surface area contributed by atoms with Gasteiger partial charge in [0.1, 0.15) is 0 Å². The van der Waals surface area contributed by atoms with Gasteiger partial charge in [-0.25, -0.2) is 0 Å². The quantitative estimate of drug-likeness (QED) is 0.894. The first-order valence-electron chi connectivity index (χ1n) is 7.71. The van der Waals surface area contributed by atoms with E-state index >= 15 is 0 Å². The second-order valence-electron chi connectivity index (χ2n) is 6.33. The Morgan fingerprint density at radius 2 is 1.71 bits per heavy atom. The van der Waals surface area contributed by atoms with Crippen LogP contribution in [0.25, 0.3) is 0 Å². The number of nitrogens with one attached hydrogen (secondary N) is 1. The van der Waals surface area contributed by atoms with E-state index < -0.39 is 11.4 Å². The largest absolute Gasteiger partial charge is 0.481 e. The summed E-state index contributed by atoms with van der Waals surface area (Å²) < 4.78 is 0. The van der Waals surface area contributed by atoms with Crippen molar-refractivity contribution >= 4 is 11.9 Å². The summed E-state index contributed by atoms with van der Waals surface area (Å²) in [6.45, 7) is 0. The number of carboxylic acids is 1. The molecule has 0 bridgehead atoms. The summed E-state index contributed by atoms with van der Waals surface area (Å²) in [5, 5.41) is 12.0. The molecule has 0 aromatic heterocycles. The standard InChI is InChI=1S/C17H21NO3/c19-15(20)12-10-14(11-12)18-16(21)17(8-4-5-9-17)13-6-2-1-3-7-13/h1-3,6-7,12,14H,4-5,8-11H2,(H,18,21)(H,19,20). The Kier molecular flexibility index (Phi) is 3.70. The number of aliphatic carboxylic acids is 1. The molecule has 0 atom stereocenters. The maximum atomic E-state index is 12.8. The molecule has 0 aliphatic heterocycles. The fourth-order valence-corrected chi connectivity index (χ4v) is 3.64. The van der Waals surface area contributed by atoms with Crippen LogP contribution in [0.3, 0.4) is 0 Å². The summed E-state index contributed by atoms with van der Waals surface area (Å²) in [5.74, 6) is -0.953. The highest BCUT2D eigenvalue weighted by molar-refractivity contribution is 5.89. The van der Waals surface area contributed by atoms with Crippen LogP contribution in [0.15, 0.2) is 30.3 Å². The number of benzene rings is 1. The molecule has 0 saturated heterocycles. The molecule has 3 rings (SSSR count). The number of carbonyl (C=O) groups excluding carboxylic acids is 1. The Bertz CT molecular complexity index is 528. The van der Waals surface area contributed by atoms with Crippen LogP contribution < -0.4 is 5.32 Å². The summed E-state index contributed by atoms with van der Waals surface area (Å²) >= 11 is 0. The van der Waals surface area contributed by atoms with Crippen molar-refractivity contribution in [2.75, 3.05) is 0 Å². The Morgan fingerprint density at radius 3 is 2.29 bits per heavy atom. The fraction of sp³-hybridized carbons (Fsp3) is 0.529. The van der Waals surface area contributed by atoms with Crippen molar-refractivity contribution in [3.05, 3.63) is 35.9 Å². The van der Waals surface area contributed by atoms with Crippen molar-refractivity contribution in [1.82, 2.24) is 5.32 Å². The van der Waals surface area contributed by atoms with Crippen LogP contribution in [0, 0.1) is 5.92 Å². The highest BCUT2D eigenvalue weighted by Gasteiger charge is 2.45. The Labute approximate surface area is 124 Å². The molecular formula is C17H21NO3. The van der Waals surface area contributed by atoms with Crippen LogP contribution in [0.2, 0.25) is 0 Å². The van der Waals surface area contributed by atoms with Crippen molar-refractivity contribution in [2.24, 2.45) is 5.92 Å². The smallest absolute Gasteiger partial charge is 0.306 e. The fourth-order valence-electron chi connectivity index (χ4n) is 3.64. The van der Waals surface area contributed by atoms with Gasteiger partial charge in [0.2, 0.25) is 5.91 Å². The summed E-state index contributed by atoms with van der Waals surface area (Å²) in [6, 6.07) is 10.0. The van der Waals surface area contributed by atoms with E-state index in [1.165, 1.54) is 0 Å². The lowest BCUT2D eigenvalue weighted by Crippen LogP contribution is -2.52. The topological polar surface area (TPSA) is 66.4 Å². The van der Waals surface area contributed by atoms with Gasteiger partial charge in [-0.15, -0.1) is 0 Å². The van der Waals surface area contributed by atoms with Crippen molar-refractivity contribution in [1.29, 1.82) is 0 Å². The van der Waals surface area contributed by atoms with E-state index in [1.54, 1.807) is 0 Å². The van der Waals surface area contributed by atoms with Crippen molar-refractivity contribution < 1.29 is 14.7 Å². The van der Waals surface area contributed by atoms with Crippen LogP contribution >= 0.6 is 0 Å². The molecule has 4 nitrogen and oxygen atoms in total. The third kappa shape index (κ3) is 2.55. The molecule has 21 heavy (non-hydrogen) atoms. The van der Waals surface area contributed by atoms with Gasteiger partial charge in [-0.2, -0.15) is 0 Å². The lowest BCUT2D eigenvalue weighted by atomic mass is 9.75. The predicted octanol–water partition coefficient (Wildman–Crippen LogP) is 2.48. The number of carbonyl (C=O) groups is 2. The third-order valence-corrected chi connectivity index (χ3v) is 5.04. The van der Waals surface area contributed by atoms with E-state index in [9.17, 15) is 9.59 Å². The van der Waals surface area contributed by atoms with E-state index in [-0.39, 0.29) is 17.9 Å². The van der Waals surface area contributed by atoms with Gasteiger partial charge in [0, 0.05) is 6.04 Å². The van der Waals surface area contributed by atoms with Gasteiger partial charge in [-0.05, 0) is 31.2 Å². The van der Waals surface area contributed by atoms with Crippen molar-refractivity contribution in [3.8, 4) is 0 Å². The van der Waals surface area contributed by atoms with Gasteiger partial charge < -0.3 is 10.4 Å². The first-order valence-corrected chi connectivity index (χ1v) is 7.71. The summed E-state index contributed by atoms with van der Waals surface area (Å²) in [7, 11) is 0. The van der Waals surface area contributed by atoms with Gasteiger partial charge in [-0.1, -0.05) is 43.2 Å². The molecule has 0 radical (unpaired) electrons. The number of carboxylic acid groups (broad SMARTS) is 1.